The Labute approximate surface area is 181 Å². The summed E-state index contributed by atoms with van der Waals surface area (Å²) in [7, 11) is 0. The lowest BCUT2D eigenvalue weighted by molar-refractivity contribution is 0.0529. The van der Waals surface area contributed by atoms with Crippen molar-refractivity contribution in [1.29, 1.82) is 0 Å². The van der Waals surface area contributed by atoms with Gasteiger partial charge in [0.25, 0.3) is 0 Å². The molecule has 3 N–H and O–H groups in total. The molecule has 0 saturated heterocycles. The Morgan fingerprint density at radius 1 is 1.11 bits per heavy atom. The first-order valence-corrected chi connectivity index (χ1v) is 10.1. The summed E-state index contributed by atoms with van der Waals surface area (Å²) in [5.74, 6) is 1.74. The summed E-state index contributed by atoms with van der Waals surface area (Å²) < 4.78 is 5.22. The van der Waals surface area contributed by atoms with Crippen LogP contribution >= 0.6 is 24.0 Å². The molecular formula is C19H38IN5O2. The predicted octanol–water partition coefficient (Wildman–Crippen LogP) is 2.56. The molecule has 7 nitrogen and oxygen atoms in total. The van der Waals surface area contributed by atoms with Crippen LogP contribution in [0.1, 0.15) is 53.4 Å². The van der Waals surface area contributed by atoms with Crippen LogP contribution in [-0.2, 0) is 4.74 Å². The number of hydrogen-bond acceptors (Lipinski definition) is 4. The SMILES string of the molecule is CCNC(=NCCN(CC1CC1)C1CC1)NCCNC(=O)OC(C)(C)C.I. The number of guanidine groups is 1. The third kappa shape index (κ3) is 11.6. The Balaban J connectivity index is 0.00000364. The van der Waals surface area contributed by atoms with Crippen molar-refractivity contribution in [2.45, 2.75) is 65.0 Å². The Kier molecular flexibility index (Phi) is 10.7. The topological polar surface area (TPSA) is 78.0 Å². The molecule has 0 radical (unpaired) electrons. The summed E-state index contributed by atoms with van der Waals surface area (Å²) in [5, 5.41) is 9.27. The monoisotopic (exact) mass is 495 g/mol. The number of amides is 1. The molecule has 0 aliphatic heterocycles. The number of ether oxygens (including phenoxy) is 1. The fourth-order valence-corrected chi connectivity index (χ4v) is 2.79. The second-order valence-corrected chi connectivity index (χ2v) is 8.29. The highest BCUT2D eigenvalue weighted by molar-refractivity contribution is 14.0. The largest absolute Gasteiger partial charge is 0.444 e. The standard InChI is InChI=1S/C19H37N5O2.HI/c1-5-20-17(21-10-11-23-18(25)26-19(2,3)4)22-12-13-24(16-8-9-16)14-15-6-7-15;/h15-16H,5-14H2,1-4H3,(H,23,25)(H2,20,21,22);1H. The van der Waals surface area contributed by atoms with E-state index in [-0.39, 0.29) is 30.1 Å². The smallest absolute Gasteiger partial charge is 0.407 e. The first-order chi connectivity index (χ1) is 12.4. The number of aliphatic imine (C=N–C) groups is 1. The average Bonchev–Trinajstić information content (AvgIpc) is 3.42. The molecule has 0 atom stereocenters. The van der Waals surface area contributed by atoms with Crippen molar-refractivity contribution in [3.05, 3.63) is 0 Å². The van der Waals surface area contributed by atoms with Gasteiger partial charge in [-0.2, -0.15) is 0 Å². The number of rotatable bonds is 10. The van der Waals surface area contributed by atoms with Crippen LogP contribution in [0, 0.1) is 5.92 Å². The van der Waals surface area contributed by atoms with Crippen LogP contribution in [-0.4, -0.2) is 67.9 Å². The normalized spacial score (nSPS) is 17.3. The molecule has 2 rings (SSSR count). The molecule has 0 bridgehead atoms. The third-order valence-electron chi connectivity index (χ3n) is 4.34. The van der Waals surface area contributed by atoms with Crippen molar-refractivity contribution in [2.24, 2.45) is 10.9 Å². The Morgan fingerprint density at radius 3 is 2.33 bits per heavy atom. The van der Waals surface area contributed by atoms with Gasteiger partial charge in [0.05, 0.1) is 6.54 Å². The van der Waals surface area contributed by atoms with Gasteiger partial charge >= 0.3 is 6.09 Å². The van der Waals surface area contributed by atoms with Crippen molar-refractivity contribution in [1.82, 2.24) is 20.9 Å². The summed E-state index contributed by atoms with van der Waals surface area (Å²) in [6.45, 7) is 12.6. The Hall–Kier alpha value is -0.770. The number of nitrogens with one attached hydrogen (secondary N) is 3. The van der Waals surface area contributed by atoms with Crippen molar-refractivity contribution in [2.75, 3.05) is 39.3 Å². The third-order valence-corrected chi connectivity index (χ3v) is 4.34. The van der Waals surface area contributed by atoms with Gasteiger partial charge in [0.15, 0.2) is 5.96 Å². The molecule has 1 amide bonds. The van der Waals surface area contributed by atoms with Gasteiger partial charge in [-0.05, 0) is 59.3 Å². The van der Waals surface area contributed by atoms with Gasteiger partial charge in [0.2, 0.25) is 0 Å². The molecule has 2 saturated carbocycles. The molecule has 0 aromatic heterocycles. The van der Waals surface area contributed by atoms with E-state index in [1.165, 1.54) is 32.2 Å². The second-order valence-electron chi connectivity index (χ2n) is 8.29. The van der Waals surface area contributed by atoms with E-state index in [2.05, 4.69) is 32.8 Å². The van der Waals surface area contributed by atoms with Crippen LogP contribution in [0.3, 0.4) is 0 Å². The first-order valence-electron chi connectivity index (χ1n) is 10.1. The van der Waals surface area contributed by atoms with Gasteiger partial charge < -0.3 is 20.7 Å². The minimum absolute atomic E-state index is 0. The number of halogens is 1. The molecule has 0 unspecified atom stereocenters. The van der Waals surface area contributed by atoms with E-state index in [1.54, 1.807) is 0 Å². The molecule has 0 aromatic carbocycles. The van der Waals surface area contributed by atoms with Crippen LogP contribution in [0.4, 0.5) is 4.79 Å². The minimum atomic E-state index is -0.470. The van der Waals surface area contributed by atoms with Crippen molar-refractivity contribution >= 4 is 36.0 Å². The molecule has 0 spiro atoms. The summed E-state index contributed by atoms with van der Waals surface area (Å²) in [4.78, 5) is 18.9. The Bertz CT molecular complexity index is 473. The molecule has 2 aliphatic carbocycles. The molecule has 2 aliphatic rings. The van der Waals surface area contributed by atoms with Gasteiger partial charge in [-0.1, -0.05) is 0 Å². The van der Waals surface area contributed by atoms with Crippen LogP contribution in [0.25, 0.3) is 0 Å². The maximum absolute atomic E-state index is 11.6. The van der Waals surface area contributed by atoms with Gasteiger partial charge in [-0.15, -0.1) is 24.0 Å². The van der Waals surface area contributed by atoms with Crippen molar-refractivity contribution in [3.63, 3.8) is 0 Å². The molecular weight excluding hydrogens is 457 g/mol. The molecule has 2 fully saturated rings. The van der Waals surface area contributed by atoms with E-state index in [4.69, 9.17) is 4.74 Å². The van der Waals surface area contributed by atoms with E-state index in [0.29, 0.717) is 13.1 Å². The Morgan fingerprint density at radius 2 is 1.78 bits per heavy atom. The molecule has 0 heterocycles. The van der Waals surface area contributed by atoms with E-state index < -0.39 is 5.60 Å². The lowest BCUT2D eigenvalue weighted by Crippen LogP contribution is -2.43. The number of alkyl carbamates (subject to hydrolysis) is 1. The lowest BCUT2D eigenvalue weighted by atomic mass is 10.2. The quantitative estimate of drug-likeness (QED) is 0.188. The maximum atomic E-state index is 11.6. The molecule has 8 heteroatoms. The molecule has 158 valence electrons. The summed E-state index contributed by atoms with van der Waals surface area (Å²) in [5.41, 5.74) is -0.470. The zero-order valence-corrected chi connectivity index (χ0v) is 19.7. The summed E-state index contributed by atoms with van der Waals surface area (Å²) in [6.07, 6.45) is 5.13. The highest BCUT2D eigenvalue weighted by Crippen LogP contribution is 2.34. The highest BCUT2D eigenvalue weighted by atomic mass is 127. The maximum Gasteiger partial charge on any atom is 0.407 e. The number of carbonyl (C=O) groups is 1. The minimum Gasteiger partial charge on any atom is -0.444 e. The van der Waals surface area contributed by atoms with Crippen molar-refractivity contribution < 1.29 is 9.53 Å². The molecule has 27 heavy (non-hydrogen) atoms. The fourth-order valence-electron chi connectivity index (χ4n) is 2.79. The van der Waals surface area contributed by atoms with Crippen LogP contribution in [0.5, 0.6) is 0 Å². The van der Waals surface area contributed by atoms with Crippen LogP contribution < -0.4 is 16.0 Å². The lowest BCUT2D eigenvalue weighted by Gasteiger charge is -2.21. The first kappa shape index (κ1) is 24.3. The van der Waals surface area contributed by atoms with E-state index in [9.17, 15) is 4.79 Å². The second kappa shape index (κ2) is 11.9. The van der Waals surface area contributed by atoms with Gasteiger partial charge in [0, 0.05) is 38.8 Å². The fraction of sp³-hybridized carbons (Fsp3) is 0.895. The zero-order valence-electron chi connectivity index (χ0n) is 17.3. The number of nitrogens with zero attached hydrogens (tertiary/aromatic N) is 2. The van der Waals surface area contributed by atoms with Crippen LogP contribution in [0.2, 0.25) is 0 Å². The highest BCUT2D eigenvalue weighted by Gasteiger charge is 2.33. The number of hydrogen-bond donors (Lipinski definition) is 3. The van der Waals surface area contributed by atoms with Crippen LogP contribution in [0.15, 0.2) is 4.99 Å². The predicted molar refractivity (Wildman–Crippen MR) is 121 cm³/mol. The van der Waals surface area contributed by atoms with Gasteiger partial charge in [0.1, 0.15) is 5.60 Å². The van der Waals surface area contributed by atoms with Gasteiger partial charge in [-0.25, -0.2) is 4.79 Å². The summed E-state index contributed by atoms with van der Waals surface area (Å²) >= 11 is 0. The molecule has 0 aromatic rings. The van der Waals surface area contributed by atoms with E-state index >= 15 is 0 Å². The average molecular weight is 495 g/mol. The zero-order chi connectivity index (χ0) is 19.0. The van der Waals surface area contributed by atoms with E-state index in [0.717, 1.165) is 37.6 Å². The van der Waals surface area contributed by atoms with Gasteiger partial charge in [-0.3, -0.25) is 9.89 Å². The summed E-state index contributed by atoms with van der Waals surface area (Å²) in [6, 6.07) is 0.805. The van der Waals surface area contributed by atoms with Crippen molar-refractivity contribution in [3.8, 4) is 0 Å². The van der Waals surface area contributed by atoms with E-state index in [1.807, 2.05) is 20.8 Å². The number of carbonyl (C=O) groups excluding carboxylic acids is 1.